The molecule has 1 amide bonds. The van der Waals surface area contributed by atoms with Crippen LogP contribution in [0.1, 0.15) is 25.5 Å². The monoisotopic (exact) mass is 248 g/mol. The zero-order valence-corrected chi connectivity index (χ0v) is 9.27. The lowest BCUT2D eigenvalue weighted by atomic mass is 10.2. The van der Waals surface area contributed by atoms with Crippen LogP contribution in [0, 0.1) is 6.85 Å². The van der Waals surface area contributed by atoms with Gasteiger partial charge in [-0.1, -0.05) is 0 Å². The Balaban J connectivity index is 2.43. The van der Waals surface area contributed by atoms with Crippen molar-refractivity contribution in [2.45, 2.75) is 6.85 Å². The van der Waals surface area contributed by atoms with E-state index in [1.54, 1.807) is 0 Å². The van der Waals surface area contributed by atoms with Gasteiger partial charge in [0.15, 0.2) is 7.23 Å². The van der Waals surface area contributed by atoms with Crippen LogP contribution >= 0.6 is 0 Å². The van der Waals surface area contributed by atoms with Crippen molar-refractivity contribution in [3.8, 4) is 0 Å². The van der Waals surface area contributed by atoms with Crippen LogP contribution in [-0.4, -0.2) is 22.9 Å². The second-order valence-electron chi connectivity index (χ2n) is 3.60. The molecule has 0 atom stereocenters. The molecule has 3 heterocycles. The molecule has 1 N–H and O–H groups in total. The van der Waals surface area contributed by atoms with Crippen molar-refractivity contribution < 1.29 is 15.8 Å². The van der Waals surface area contributed by atoms with E-state index in [0.717, 1.165) is 6.20 Å². The van der Waals surface area contributed by atoms with Gasteiger partial charge in [0.05, 0.1) is 16.7 Å². The Hall–Kier alpha value is -2.43. The van der Waals surface area contributed by atoms with Crippen molar-refractivity contribution >= 4 is 23.2 Å². The van der Waals surface area contributed by atoms with Crippen LogP contribution in [0.25, 0.3) is 0 Å². The molecule has 0 saturated heterocycles. The van der Waals surface area contributed by atoms with Gasteiger partial charge in [0.2, 0.25) is 0 Å². The summed E-state index contributed by atoms with van der Waals surface area (Å²) in [6.45, 7) is -2.79. The summed E-state index contributed by atoms with van der Waals surface area (Å²) in [5.41, 5.74) is -1.36. The minimum Gasteiger partial charge on any atom is -0.318 e. The van der Waals surface area contributed by atoms with Crippen LogP contribution in [-0.2, 0) is 0 Å². The molecule has 0 unspecified atom stereocenters. The number of amides is 1. The van der Waals surface area contributed by atoms with Crippen molar-refractivity contribution in [3.05, 3.63) is 41.6 Å². The molecule has 0 aliphatic carbocycles. The van der Waals surface area contributed by atoms with Crippen LogP contribution in [0.3, 0.4) is 0 Å². The number of rotatable bonds is 0. The Morgan fingerprint density at radius 3 is 3.17 bits per heavy atom. The Morgan fingerprint density at radius 1 is 1.44 bits per heavy atom. The fourth-order valence-corrected chi connectivity index (χ4v) is 1.68. The van der Waals surface area contributed by atoms with Crippen LogP contribution in [0.15, 0.2) is 30.5 Å². The first-order valence-corrected chi connectivity index (χ1v) is 5.01. The number of nitrogens with zero attached hydrogens (tertiary/aromatic N) is 3. The average Bonchev–Trinajstić information content (AvgIpc) is 2.62. The van der Waals surface area contributed by atoms with Gasteiger partial charge in [0, 0.05) is 23.5 Å². The SMILES string of the molecule is [2H]c1cnc2c(c1C([2H])([2H])[2H])N([2H])C(=O)c1c(nc([2H])c([2H])c1[2H])N2C. The highest BCUT2D eigenvalue weighted by Gasteiger charge is 2.25. The molecule has 0 radical (unpaired) electrons. The second kappa shape index (κ2) is 3.80. The van der Waals surface area contributed by atoms with E-state index in [-0.39, 0.29) is 16.9 Å². The fraction of sp³-hybridized carbons (Fsp3) is 0.154. The van der Waals surface area contributed by atoms with E-state index in [0.29, 0.717) is 0 Å². The number of nitrogens with one attached hydrogen (secondary N) is 1. The summed E-state index contributed by atoms with van der Waals surface area (Å²) in [6, 6.07) is -1.65. The number of fused-ring (bicyclic) bond motifs is 2. The first-order chi connectivity index (χ1) is 12.0. The fourth-order valence-electron chi connectivity index (χ4n) is 1.68. The molecule has 0 fully saturated rings. The van der Waals surface area contributed by atoms with Gasteiger partial charge >= 0.3 is 0 Å². The molecule has 3 rings (SSSR count). The summed E-state index contributed by atoms with van der Waals surface area (Å²) in [7, 11) is 1.39. The predicted octanol–water partition coefficient (Wildman–Crippen LogP) is 2.12. The molecule has 90 valence electrons. The molecular formula is C13H12N4O. The number of carbonyl (C=O) groups excluding carboxylic acids is 1. The van der Waals surface area contributed by atoms with E-state index < -0.39 is 53.9 Å². The molecule has 0 aromatic carbocycles. The average molecular weight is 248 g/mol. The summed E-state index contributed by atoms with van der Waals surface area (Å²) in [5, 5.41) is 0.257. The van der Waals surface area contributed by atoms with Crippen LogP contribution in [0.5, 0.6) is 0 Å². The highest BCUT2D eigenvalue weighted by Crippen LogP contribution is 2.35. The molecule has 0 saturated carbocycles. The van der Waals surface area contributed by atoms with E-state index >= 15 is 0 Å². The second-order valence-corrected chi connectivity index (χ2v) is 3.60. The van der Waals surface area contributed by atoms with Crippen LogP contribution < -0.4 is 10.2 Å². The van der Waals surface area contributed by atoms with Crippen molar-refractivity contribution in [2.24, 2.45) is 0 Å². The van der Waals surface area contributed by atoms with Gasteiger partial charge in [-0.2, -0.15) is 0 Å². The summed E-state index contributed by atoms with van der Waals surface area (Å²) < 4.78 is 62.3. The third kappa shape index (κ3) is 1.44. The lowest BCUT2D eigenvalue weighted by Crippen LogP contribution is -2.14. The zero-order chi connectivity index (χ0) is 19.5. The lowest BCUT2D eigenvalue weighted by molar-refractivity contribution is 0.102. The summed E-state index contributed by atoms with van der Waals surface area (Å²) in [6.07, 6.45) is 0.448. The minimum atomic E-state index is -2.79. The van der Waals surface area contributed by atoms with Crippen molar-refractivity contribution in [1.82, 2.24) is 9.97 Å². The number of hydrogen-bond acceptors (Lipinski definition) is 4. The number of hydrogen-bond donors (Lipinski definition) is 1. The third-order valence-electron chi connectivity index (χ3n) is 2.54. The molecule has 18 heavy (non-hydrogen) atoms. The Kier molecular flexibility index (Phi) is 1.07. The number of aromatic nitrogens is 2. The Bertz CT molecular complexity index is 945. The topological polar surface area (TPSA) is 58.1 Å². The summed E-state index contributed by atoms with van der Waals surface area (Å²) in [4.78, 5) is 21.7. The van der Waals surface area contributed by atoms with E-state index in [1.807, 2.05) is 0 Å². The van der Waals surface area contributed by atoms with Crippen molar-refractivity contribution in [1.29, 1.82) is 0 Å². The van der Waals surface area contributed by atoms with Crippen LogP contribution in [0.2, 0.25) is 1.41 Å². The van der Waals surface area contributed by atoms with Crippen molar-refractivity contribution in [2.75, 3.05) is 17.3 Å². The molecule has 2 aromatic heterocycles. The van der Waals surface area contributed by atoms with E-state index in [1.165, 1.54) is 11.9 Å². The quantitative estimate of drug-likeness (QED) is 0.776. The molecule has 1 aliphatic rings. The Labute approximate surface area is 116 Å². The zero-order valence-electron chi connectivity index (χ0n) is 17.3. The van der Waals surface area contributed by atoms with Gasteiger partial charge in [-0.05, 0) is 30.5 Å². The van der Waals surface area contributed by atoms with Crippen LogP contribution in [0.4, 0.5) is 17.3 Å². The first kappa shape index (κ1) is 5.06. The minimum absolute atomic E-state index is 0.127. The first-order valence-electron chi connectivity index (χ1n) is 8.96. The normalized spacial score (nSPS) is 21.1. The smallest absolute Gasteiger partial charge is 0.259 e. The standard InChI is InChI=1S/C13H12N4O/c1-8-5-7-15-12-10(8)16-13(18)9-4-3-6-14-11(9)17(12)2/h3-7H,1-2H3,(H,16,18)/i1D3,3D,4D,5D,6D/hD. The maximum Gasteiger partial charge on any atom is 0.259 e. The highest BCUT2D eigenvalue weighted by atomic mass is 16.1. The van der Waals surface area contributed by atoms with Gasteiger partial charge in [-0.15, -0.1) is 0 Å². The maximum absolute atomic E-state index is 12.8. The summed E-state index contributed by atoms with van der Waals surface area (Å²) in [5.74, 6) is -1.40. The molecule has 5 nitrogen and oxygen atoms in total. The number of carbonyl (C=O) groups is 1. The lowest BCUT2D eigenvalue weighted by Gasteiger charge is -2.18. The molecule has 5 heteroatoms. The number of anilines is 3. The van der Waals surface area contributed by atoms with Gasteiger partial charge < -0.3 is 10.2 Å². The van der Waals surface area contributed by atoms with E-state index in [9.17, 15) is 4.79 Å². The van der Waals surface area contributed by atoms with Gasteiger partial charge in [0.1, 0.15) is 5.82 Å². The largest absolute Gasteiger partial charge is 0.318 e. The molecule has 1 aliphatic heterocycles. The van der Waals surface area contributed by atoms with E-state index in [4.69, 9.17) is 11.0 Å². The molecular weight excluding hydrogens is 228 g/mol. The summed E-state index contributed by atoms with van der Waals surface area (Å²) >= 11 is 0. The Morgan fingerprint density at radius 2 is 2.33 bits per heavy atom. The van der Waals surface area contributed by atoms with Gasteiger partial charge in [-0.3, -0.25) is 4.79 Å². The van der Waals surface area contributed by atoms with Gasteiger partial charge in [-0.25, -0.2) is 9.97 Å². The highest BCUT2D eigenvalue weighted by molar-refractivity contribution is 6.11. The number of pyridine rings is 2. The van der Waals surface area contributed by atoms with Crippen molar-refractivity contribution in [3.63, 3.8) is 0 Å². The predicted molar refractivity (Wildman–Crippen MR) is 69.2 cm³/mol. The van der Waals surface area contributed by atoms with Gasteiger partial charge in [0.25, 0.3) is 5.91 Å². The molecule has 2 aromatic rings. The molecule has 0 spiro atoms. The van der Waals surface area contributed by atoms with E-state index in [2.05, 4.69) is 9.97 Å². The maximum atomic E-state index is 12.8. The molecule has 0 bridgehead atoms. The third-order valence-corrected chi connectivity index (χ3v) is 2.54.